The van der Waals surface area contributed by atoms with E-state index >= 15 is 0 Å². The van der Waals surface area contributed by atoms with E-state index in [0.717, 1.165) is 18.5 Å². The molecule has 1 N–H and O–H groups in total. The summed E-state index contributed by atoms with van der Waals surface area (Å²) in [6.45, 7) is 1.57. The number of rotatable bonds is 6. The Morgan fingerprint density at radius 2 is 2.09 bits per heavy atom. The van der Waals surface area contributed by atoms with Gasteiger partial charge in [0.25, 0.3) is 5.91 Å². The van der Waals surface area contributed by atoms with Crippen LogP contribution in [-0.4, -0.2) is 47.8 Å². The SMILES string of the molecule is CN(C)CCCNC(=O)c1cn(C)nc1-c1ccccc1Cl. The van der Waals surface area contributed by atoms with Crippen LogP contribution >= 0.6 is 11.6 Å². The second kappa shape index (κ2) is 7.42. The van der Waals surface area contributed by atoms with E-state index in [1.807, 2.05) is 32.3 Å². The minimum Gasteiger partial charge on any atom is -0.352 e. The maximum absolute atomic E-state index is 12.4. The van der Waals surface area contributed by atoms with Crippen molar-refractivity contribution in [2.75, 3.05) is 27.2 Å². The first kappa shape index (κ1) is 16.5. The Kier molecular flexibility index (Phi) is 5.57. The van der Waals surface area contributed by atoms with Crippen molar-refractivity contribution in [3.63, 3.8) is 0 Å². The molecule has 0 atom stereocenters. The molecule has 2 aromatic rings. The number of halogens is 1. The van der Waals surface area contributed by atoms with Gasteiger partial charge in [0, 0.05) is 25.4 Å². The van der Waals surface area contributed by atoms with E-state index in [4.69, 9.17) is 11.6 Å². The second-order valence-corrected chi connectivity index (χ2v) is 5.86. The van der Waals surface area contributed by atoms with Gasteiger partial charge in [-0.1, -0.05) is 29.8 Å². The number of carbonyl (C=O) groups is 1. The van der Waals surface area contributed by atoms with Crippen LogP contribution in [0.2, 0.25) is 5.02 Å². The fourth-order valence-electron chi connectivity index (χ4n) is 2.20. The highest BCUT2D eigenvalue weighted by molar-refractivity contribution is 6.33. The van der Waals surface area contributed by atoms with E-state index in [1.54, 1.807) is 24.0 Å². The molecular weight excluding hydrogens is 300 g/mol. The summed E-state index contributed by atoms with van der Waals surface area (Å²) in [5.41, 5.74) is 1.92. The number of aryl methyl sites for hydroxylation is 1. The van der Waals surface area contributed by atoms with E-state index in [1.165, 1.54) is 0 Å². The van der Waals surface area contributed by atoms with Crippen LogP contribution in [0.25, 0.3) is 11.3 Å². The van der Waals surface area contributed by atoms with Crippen LogP contribution in [0.15, 0.2) is 30.5 Å². The van der Waals surface area contributed by atoms with E-state index in [0.29, 0.717) is 22.8 Å². The molecule has 0 fully saturated rings. The number of carbonyl (C=O) groups excluding carboxylic acids is 1. The fraction of sp³-hybridized carbons (Fsp3) is 0.375. The summed E-state index contributed by atoms with van der Waals surface area (Å²) in [6, 6.07) is 7.41. The van der Waals surface area contributed by atoms with Crippen molar-refractivity contribution in [1.29, 1.82) is 0 Å². The zero-order chi connectivity index (χ0) is 16.1. The molecular formula is C16H21ClN4O. The van der Waals surface area contributed by atoms with Crippen LogP contribution in [0.4, 0.5) is 0 Å². The molecule has 0 bridgehead atoms. The lowest BCUT2D eigenvalue weighted by Crippen LogP contribution is -2.27. The molecule has 1 amide bonds. The highest BCUT2D eigenvalue weighted by Gasteiger charge is 2.18. The number of nitrogens with zero attached hydrogens (tertiary/aromatic N) is 3. The van der Waals surface area contributed by atoms with Gasteiger partial charge in [-0.15, -0.1) is 0 Å². The molecule has 1 aromatic carbocycles. The third-order valence-corrected chi connectivity index (χ3v) is 3.60. The van der Waals surface area contributed by atoms with Gasteiger partial charge in [-0.2, -0.15) is 5.10 Å². The Morgan fingerprint density at radius 3 is 2.77 bits per heavy atom. The Labute approximate surface area is 135 Å². The predicted molar refractivity (Wildman–Crippen MR) is 89.2 cm³/mol. The highest BCUT2D eigenvalue weighted by atomic mass is 35.5. The average molecular weight is 321 g/mol. The minimum atomic E-state index is -0.123. The van der Waals surface area contributed by atoms with E-state index in [-0.39, 0.29) is 5.91 Å². The molecule has 0 aliphatic rings. The molecule has 0 radical (unpaired) electrons. The Balaban J connectivity index is 2.15. The van der Waals surface area contributed by atoms with Crippen molar-refractivity contribution in [2.45, 2.75) is 6.42 Å². The first-order valence-electron chi connectivity index (χ1n) is 7.20. The third kappa shape index (κ3) is 4.08. The molecule has 0 aliphatic heterocycles. The van der Waals surface area contributed by atoms with Crippen LogP contribution in [0.3, 0.4) is 0 Å². The van der Waals surface area contributed by atoms with Gasteiger partial charge in [-0.3, -0.25) is 9.48 Å². The van der Waals surface area contributed by atoms with Gasteiger partial charge in [0.1, 0.15) is 5.69 Å². The molecule has 5 nitrogen and oxygen atoms in total. The molecule has 2 rings (SSSR count). The quantitative estimate of drug-likeness (QED) is 0.832. The summed E-state index contributed by atoms with van der Waals surface area (Å²) >= 11 is 6.22. The van der Waals surface area contributed by atoms with Crippen molar-refractivity contribution in [1.82, 2.24) is 20.0 Å². The maximum Gasteiger partial charge on any atom is 0.255 e. The molecule has 0 saturated heterocycles. The zero-order valence-corrected chi connectivity index (χ0v) is 13.9. The molecule has 118 valence electrons. The monoisotopic (exact) mass is 320 g/mol. The lowest BCUT2D eigenvalue weighted by molar-refractivity contribution is 0.0953. The van der Waals surface area contributed by atoms with Gasteiger partial charge in [-0.25, -0.2) is 0 Å². The third-order valence-electron chi connectivity index (χ3n) is 3.27. The van der Waals surface area contributed by atoms with Gasteiger partial charge in [0.15, 0.2) is 0 Å². The first-order valence-corrected chi connectivity index (χ1v) is 7.58. The summed E-state index contributed by atoms with van der Waals surface area (Å²) in [7, 11) is 5.82. The first-order chi connectivity index (χ1) is 10.5. The molecule has 1 aromatic heterocycles. The smallest absolute Gasteiger partial charge is 0.255 e. The number of benzene rings is 1. The second-order valence-electron chi connectivity index (χ2n) is 5.46. The summed E-state index contributed by atoms with van der Waals surface area (Å²) in [5.74, 6) is -0.123. The number of aromatic nitrogens is 2. The number of amides is 1. The van der Waals surface area contributed by atoms with E-state index in [2.05, 4.69) is 15.3 Å². The number of hydrogen-bond donors (Lipinski definition) is 1. The van der Waals surface area contributed by atoms with Gasteiger partial charge in [0.05, 0.1) is 10.6 Å². The molecule has 0 saturated carbocycles. The van der Waals surface area contributed by atoms with Gasteiger partial charge in [0.2, 0.25) is 0 Å². The summed E-state index contributed by atoms with van der Waals surface area (Å²) in [5, 5.41) is 7.90. The van der Waals surface area contributed by atoms with Gasteiger partial charge in [-0.05, 0) is 33.1 Å². The Morgan fingerprint density at radius 1 is 1.36 bits per heavy atom. The Hall–Kier alpha value is -1.85. The van der Waals surface area contributed by atoms with E-state index in [9.17, 15) is 4.79 Å². The number of nitrogens with one attached hydrogen (secondary N) is 1. The molecule has 1 heterocycles. The zero-order valence-electron chi connectivity index (χ0n) is 13.1. The van der Waals surface area contributed by atoms with Crippen LogP contribution in [0.5, 0.6) is 0 Å². The van der Waals surface area contributed by atoms with Crippen molar-refractivity contribution in [3.05, 3.63) is 41.0 Å². The maximum atomic E-state index is 12.4. The summed E-state index contributed by atoms with van der Waals surface area (Å²) in [6.07, 6.45) is 2.63. The lowest BCUT2D eigenvalue weighted by atomic mass is 10.1. The molecule has 0 aliphatic carbocycles. The van der Waals surface area contributed by atoms with Crippen LogP contribution < -0.4 is 5.32 Å². The largest absolute Gasteiger partial charge is 0.352 e. The van der Waals surface area contributed by atoms with Gasteiger partial charge < -0.3 is 10.2 Å². The lowest BCUT2D eigenvalue weighted by Gasteiger charge is -2.10. The number of hydrogen-bond acceptors (Lipinski definition) is 3. The standard InChI is InChI=1S/C16H21ClN4O/c1-20(2)10-6-9-18-16(22)13-11-21(3)19-15(13)12-7-4-5-8-14(12)17/h4-5,7-8,11H,6,9-10H2,1-3H3,(H,18,22). The van der Waals surface area contributed by atoms with Crippen molar-refractivity contribution in [3.8, 4) is 11.3 Å². The van der Waals surface area contributed by atoms with E-state index < -0.39 is 0 Å². The van der Waals surface area contributed by atoms with Crippen molar-refractivity contribution in [2.24, 2.45) is 7.05 Å². The molecule has 0 spiro atoms. The Bertz CT molecular complexity index is 651. The van der Waals surface area contributed by atoms with Gasteiger partial charge >= 0.3 is 0 Å². The van der Waals surface area contributed by atoms with Crippen LogP contribution in [0, 0.1) is 0 Å². The molecule has 6 heteroatoms. The van der Waals surface area contributed by atoms with Crippen molar-refractivity contribution >= 4 is 17.5 Å². The molecule has 0 unspecified atom stereocenters. The summed E-state index contributed by atoms with van der Waals surface area (Å²) < 4.78 is 1.63. The van der Waals surface area contributed by atoms with Crippen molar-refractivity contribution < 1.29 is 4.79 Å². The van der Waals surface area contributed by atoms with Crippen LogP contribution in [-0.2, 0) is 7.05 Å². The summed E-state index contributed by atoms with van der Waals surface area (Å²) in [4.78, 5) is 14.5. The normalized spacial score (nSPS) is 11.0. The topological polar surface area (TPSA) is 50.2 Å². The fourth-order valence-corrected chi connectivity index (χ4v) is 2.42. The predicted octanol–water partition coefficient (Wildman–Crippen LogP) is 2.42. The minimum absolute atomic E-state index is 0.123. The average Bonchev–Trinajstić information content (AvgIpc) is 2.85. The highest BCUT2D eigenvalue weighted by Crippen LogP contribution is 2.28. The van der Waals surface area contributed by atoms with Crippen LogP contribution in [0.1, 0.15) is 16.8 Å². The molecule has 22 heavy (non-hydrogen) atoms.